The van der Waals surface area contributed by atoms with Crippen molar-refractivity contribution in [2.75, 3.05) is 6.61 Å². The highest BCUT2D eigenvalue weighted by Crippen LogP contribution is 2.33. The van der Waals surface area contributed by atoms with Crippen LogP contribution in [0, 0.1) is 0 Å². The molecule has 1 aliphatic carbocycles. The van der Waals surface area contributed by atoms with Crippen LogP contribution in [0.25, 0.3) is 0 Å². The Balaban J connectivity index is 1.57. The minimum absolute atomic E-state index is 0.635. The molecule has 7 heteroatoms. The molecule has 0 unspecified atom stereocenters. The van der Waals surface area contributed by atoms with E-state index in [2.05, 4.69) is 48.9 Å². The van der Waals surface area contributed by atoms with E-state index in [1.165, 1.54) is 18.4 Å². The number of aromatic nitrogens is 4. The van der Waals surface area contributed by atoms with E-state index in [9.17, 15) is 0 Å². The minimum Gasteiger partial charge on any atom is -0.493 e. The van der Waals surface area contributed by atoms with Crippen molar-refractivity contribution < 1.29 is 4.74 Å². The number of nitrogens with one attached hydrogen (secondary N) is 1. The second-order valence-corrected chi connectivity index (χ2v) is 6.48. The number of fused-ring (bicyclic) bond motifs is 1. The van der Waals surface area contributed by atoms with Crippen molar-refractivity contribution in [2.24, 2.45) is 0 Å². The summed E-state index contributed by atoms with van der Waals surface area (Å²) in [6.45, 7) is 2.11. The summed E-state index contributed by atoms with van der Waals surface area (Å²) in [7, 11) is 0. The molecular weight excluding hydrogens is 334 g/mol. The van der Waals surface area contributed by atoms with E-state index in [4.69, 9.17) is 4.74 Å². The number of ether oxygens (including phenoxy) is 1. The molecule has 0 atom stereocenters. The topological polar surface area (TPSA) is 64.9 Å². The number of nitrogens with zero attached hydrogens (tertiary/aromatic N) is 4. The van der Waals surface area contributed by atoms with Crippen LogP contribution in [-0.2, 0) is 19.5 Å². The molecule has 0 amide bonds. The summed E-state index contributed by atoms with van der Waals surface area (Å²) >= 11 is 3.57. The minimum atomic E-state index is 0.635. The molecule has 1 aromatic heterocycles. The van der Waals surface area contributed by atoms with E-state index in [-0.39, 0.29) is 0 Å². The zero-order chi connectivity index (χ0) is 14.2. The molecule has 2 heterocycles. The molecule has 1 aromatic carbocycles. The Morgan fingerprint density at radius 3 is 3.14 bits per heavy atom. The number of tetrazole rings is 1. The quantitative estimate of drug-likeness (QED) is 0.889. The number of rotatable bonds is 5. The van der Waals surface area contributed by atoms with E-state index in [1.807, 2.05) is 4.68 Å². The molecule has 2 aliphatic rings. The second kappa shape index (κ2) is 5.38. The van der Waals surface area contributed by atoms with Gasteiger partial charge in [-0.05, 0) is 41.0 Å². The van der Waals surface area contributed by atoms with E-state index in [0.717, 1.165) is 34.6 Å². The highest BCUT2D eigenvalue weighted by molar-refractivity contribution is 9.10. The first-order chi connectivity index (χ1) is 10.3. The van der Waals surface area contributed by atoms with Crippen LogP contribution >= 0.6 is 15.9 Å². The maximum absolute atomic E-state index is 5.76. The molecule has 0 spiro atoms. The highest BCUT2D eigenvalue weighted by atomic mass is 79.9. The summed E-state index contributed by atoms with van der Waals surface area (Å²) in [6, 6.07) is 4.86. The van der Waals surface area contributed by atoms with Crippen LogP contribution in [0.15, 0.2) is 16.6 Å². The Labute approximate surface area is 131 Å². The standard InChI is InChI=1S/C14H16BrN5O/c15-11-5-9-3-4-21-14(9)10(6-11)8-20-13(17-18-19-20)7-16-12-1-2-12/h5-6,12,16H,1-4,7-8H2. The molecule has 4 rings (SSSR count). The fourth-order valence-electron chi connectivity index (χ4n) is 2.62. The van der Waals surface area contributed by atoms with Gasteiger partial charge >= 0.3 is 0 Å². The lowest BCUT2D eigenvalue weighted by Gasteiger charge is -2.10. The molecule has 1 fully saturated rings. The lowest BCUT2D eigenvalue weighted by molar-refractivity contribution is 0.352. The average Bonchev–Trinajstić information content (AvgIpc) is 2.99. The lowest BCUT2D eigenvalue weighted by Crippen LogP contribution is -2.19. The number of hydrogen-bond acceptors (Lipinski definition) is 5. The number of benzene rings is 1. The van der Waals surface area contributed by atoms with Crippen LogP contribution in [0.1, 0.15) is 29.8 Å². The summed E-state index contributed by atoms with van der Waals surface area (Å²) in [4.78, 5) is 0. The van der Waals surface area contributed by atoms with Crippen molar-refractivity contribution in [1.29, 1.82) is 0 Å². The maximum atomic E-state index is 5.76. The molecular formula is C14H16BrN5O. The van der Waals surface area contributed by atoms with Crippen molar-refractivity contribution in [3.8, 4) is 5.75 Å². The van der Waals surface area contributed by atoms with Gasteiger partial charge in [0.25, 0.3) is 0 Å². The zero-order valence-corrected chi connectivity index (χ0v) is 13.1. The molecule has 110 valence electrons. The third-order valence-corrected chi connectivity index (χ3v) is 4.34. The molecule has 1 N–H and O–H groups in total. The smallest absolute Gasteiger partial charge is 0.165 e. The first-order valence-electron chi connectivity index (χ1n) is 7.22. The Hall–Kier alpha value is -1.47. The molecule has 1 saturated carbocycles. The van der Waals surface area contributed by atoms with Crippen molar-refractivity contribution >= 4 is 15.9 Å². The van der Waals surface area contributed by atoms with Gasteiger partial charge in [0.15, 0.2) is 5.82 Å². The van der Waals surface area contributed by atoms with Crippen LogP contribution in [0.4, 0.5) is 0 Å². The number of halogens is 1. The van der Waals surface area contributed by atoms with Crippen LogP contribution in [0.2, 0.25) is 0 Å². The molecule has 21 heavy (non-hydrogen) atoms. The fourth-order valence-corrected chi connectivity index (χ4v) is 3.17. The first-order valence-corrected chi connectivity index (χ1v) is 8.01. The Bertz CT molecular complexity index is 667. The Kier molecular flexibility index (Phi) is 3.39. The molecule has 6 nitrogen and oxygen atoms in total. The van der Waals surface area contributed by atoms with Crippen molar-refractivity contribution in [3.05, 3.63) is 33.6 Å². The van der Waals surface area contributed by atoms with Gasteiger partial charge in [0.05, 0.1) is 19.7 Å². The third kappa shape index (κ3) is 2.80. The van der Waals surface area contributed by atoms with Crippen LogP contribution in [0.3, 0.4) is 0 Å². The SMILES string of the molecule is Brc1cc2c(c(Cn3nnnc3CNC3CC3)c1)OCC2. The summed E-state index contributed by atoms with van der Waals surface area (Å²) < 4.78 is 8.69. The van der Waals surface area contributed by atoms with E-state index >= 15 is 0 Å². The van der Waals surface area contributed by atoms with Crippen molar-refractivity contribution in [3.63, 3.8) is 0 Å². The monoisotopic (exact) mass is 349 g/mol. The van der Waals surface area contributed by atoms with Gasteiger partial charge in [-0.15, -0.1) is 5.10 Å². The van der Waals surface area contributed by atoms with Crippen LogP contribution < -0.4 is 10.1 Å². The zero-order valence-electron chi connectivity index (χ0n) is 11.5. The summed E-state index contributed by atoms with van der Waals surface area (Å²) in [6.07, 6.45) is 3.48. The second-order valence-electron chi connectivity index (χ2n) is 5.56. The average molecular weight is 350 g/mol. The molecule has 1 aliphatic heterocycles. The molecule has 0 saturated heterocycles. The van der Waals surface area contributed by atoms with Crippen LogP contribution in [0.5, 0.6) is 5.75 Å². The predicted octanol–water partition coefficient (Wildman–Crippen LogP) is 1.67. The van der Waals surface area contributed by atoms with Gasteiger partial charge in [0.2, 0.25) is 0 Å². The predicted molar refractivity (Wildman–Crippen MR) is 80.1 cm³/mol. The highest BCUT2D eigenvalue weighted by Gasteiger charge is 2.22. The maximum Gasteiger partial charge on any atom is 0.165 e. The molecule has 0 bridgehead atoms. The van der Waals surface area contributed by atoms with Gasteiger partial charge in [-0.25, -0.2) is 4.68 Å². The molecule has 0 radical (unpaired) electrons. The normalized spacial score (nSPS) is 16.8. The van der Waals surface area contributed by atoms with Crippen molar-refractivity contribution in [1.82, 2.24) is 25.5 Å². The third-order valence-electron chi connectivity index (χ3n) is 3.88. The summed E-state index contributed by atoms with van der Waals surface area (Å²) in [5.74, 6) is 1.86. The van der Waals surface area contributed by atoms with Gasteiger partial charge in [-0.3, -0.25) is 0 Å². The van der Waals surface area contributed by atoms with E-state index in [1.54, 1.807) is 0 Å². The van der Waals surface area contributed by atoms with Crippen molar-refractivity contribution in [2.45, 2.75) is 38.4 Å². The van der Waals surface area contributed by atoms with Gasteiger partial charge in [0, 0.05) is 22.5 Å². The van der Waals surface area contributed by atoms with Crippen LogP contribution in [-0.4, -0.2) is 32.9 Å². The lowest BCUT2D eigenvalue weighted by atomic mass is 10.1. The van der Waals surface area contributed by atoms with Gasteiger partial charge < -0.3 is 10.1 Å². The van der Waals surface area contributed by atoms with E-state index < -0.39 is 0 Å². The number of hydrogen-bond donors (Lipinski definition) is 1. The largest absolute Gasteiger partial charge is 0.493 e. The summed E-state index contributed by atoms with van der Waals surface area (Å²) in [5.41, 5.74) is 2.38. The first kappa shape index (κ1) is 13.2. The Morgan fingerprint density at radius 2 is 2.29 bits per heavy atom. The van der Waals surface area contributed by atoms with Gasteiger partial charge in [-0.2, -0.15) is 0 Å². The Morgan fingerprint density at radius 1 is 1.38 bits per heavy atom. The van der Waals surface area contributed by atoms with Gasteiger partial charge in [-0.1, -0.05) is 15.9 Å². The summed E-state index contributed by atoms with van der Waals surface area (Å²) in [5, 5.41) is 15.5. The van der Waals surface area contributed by atoms with E-state index in [0.29, 0.717) is 19.1 Å². The van der Waals surface area contributed by atoms with Gasteiger partial charge in [0.1, 0.15) is 5.75 Å². The molecule has 2 aromatic rings. The fraction of sp³-hybridized carbons (Fsp3) is 0.500.